The quantitative estimate of drug-likeness (QED) is 0.0936. The molecule has 4 N–H and O–H groups in total. The van der Waals surface area contributed by atoms with Crippen LogP contribution in [0.2, 0.25) is 0 Å². The first-order valence-electron chi connectivity index (χ1n) is 22.3. The molecule has 0 aromatic heterocycles. The molecule has 4 amide bonds. The van der Waals surface area contributed by atoms with Gasteiger partial charge in [-0.1, -0.05) is 163 Å². The van der Waals surface area contributed by atoms with Crippen molar-refractivity contribution in [3.05, 3.63) is 96.1 Å². The molecule has 0 unspecified atom stereocenters. The first-order valence-corrected chi connectivity index (χ1v) is 22.3. The Bertz CT molecular complexity index is 1890. The van der Waals surface area contributed by atoms with Gasteiger partial charge in [0.25, 0.3) is 0 Å². The van der Waals surface area contributed by atoms with E-state index in [2.05, 4.69) is 57.7 Å². The van der Waals surface area contributed by atoms with E-state index in [1.807, 2.05) is 76.2 Å². The number of ether oxygens (including phenoxy) is 2. The fraction of sp³-hybridized carbons (Fsp3) is 0.520. The van der Waals surface area contributed by atoms with Crippen LogP contribution in [0.5, 0.6) is 0 Å². The van der Waals surface area contributed by atoms with E-state index in [0.717, 1.165) is 58.4 Å². The van der Waals surface area contributed by atoms with Gasteiger partial charge in [0.15, 0.2) is 0 Å². The Balaban J connectivity index is 0.000000228. The summed E-state index contributed by atoms with van der Waals surface area (Å²) in [7, 11) is 2.79. The van der Waals surface area contributed by atoms with E-state index in [0.29, 0.717) is 37.5 Å². The highest BCUT2D eigenvalue weighted by atomic mass is 16.5. The molecule has 2 aliphatic carbocycles. The zero-order valence-electron chi connectivity index (χ0n) is 36.7. The summed E-state index contributed by atoms with van der Waals surface area (Å²) >= 11 is 0. The van der Waals surface area contributed by atoms with Gasteiger partial charge in [0.2, 0.25) is 0 Å². The Labute approximate surface area is 357 Å². The van der Waals surface area contributed by atoms with Gasteiger partial charge in [0.05, 0.1) is 26.3 Å². The summed E-state index contributed by atoms with van der Waals surface area (Å²) in [5.41, 5.74) is 0.130. The molecular weight excluding hydrogens is 753 g/mol. The van der Waals surface area contributed by atoms with Crippen LogP contribution >= 0.6 is 0 Å². The number of rotatable bonds is 14. The lowest BCUT2D eigenvalue weighted by Gasteiger charge is -2.36. The van der Waals surface area contributed by atoms with E-state index in [1.54, 1.807) is 0 Å². The molecule has 324 valence electrons. The molecule has 10 nitrogen and oxygen atoms in total. The number of fused-ring (bicyclic) bond motifs is 2. The van der Waals surface area contributed by atoms with Crippen LogP contribution in [-0.4, -0.2) is 49.3 Å². The van der Waals surface area contributed by atoms with Crippen molar-refractivity contribution in [2.24, 2.45) is 11.8 Å². The van der Waals surface area contributed by atoms with Crippen molar-refractivity contribution in [1.82, 2.24) is 21.3 Å². The SMILES string of the molecule is CC[C@@](CC1CCCCC1)(NC(=O)N[C@@H](C)c1cccc2ccccc12)C(=O)OC.CC[C@@](CC1CCCCC1)(NC(=O)N[C@@H](C)c1cccc2ccccc12)C(=O)OC. The maximum absolute atomic E-state index is 13.0. The first-order chi connectivity index (χ1) is 29.0. The van der Waals surface area contributed by atoms with E-state index in [1.165, 1.54) is 52.7 Å². The number of carbonyl (C=O) groups excluding carboxylic acids is 4. The molecule has 10 heteroatoms. The topological polar surface area (TPSA) is 135 Å². The van der Waals surface area contributed by atoms with Crippen LogP contribution in [0.15, 0.2) is 84.9 Å². The number of carbonyl (C=O) groups is 4. The number of nitrogens with one attached hydrogen (secondary N) is 4. The third kappa shape index (κ3) is 11.6. The molecular formula is C50H68N4O6. The van der Waals surface area contributed by atoms with Gasteiger partial charge < -0.3 is 30.7 Å². The van der Waals surface area contributed by atoms with Crippen LogP contribution in [0.3, 0.4) is 0 Å². The van der Waals surface area contributed by atoms with Crippen LogP contribution < -0.4 is 21.3 Å². The Kier molecular flexibility index (Phi) is 16.8. The van der Waals surface area contributed by atoms with Gasteiger partial charge in [-0.3, -0.25) is 0 Å². The summed E-state index contributed by atoms with van der Waals surface area (Å²) in [6.07, 6.45) is 14.0. The zero-order valence-corrected chi connectivity index (χ0v) is 36.7. The van der Waals surface area contributed by atoms with E-state index >= 15 is 0 Å². The molecule has 0 aliphatic heterocycles. The second-order valence-corrected chi connectivity index (χ2v) is 17.0. The molecule has 0 bridgehead atoms. The molecule has 0 saturated heterocycles. The Morgan fingerprint density at radius 3 is 1.25 bits per heavy atom. The van der Waals surface area contributed by atoms with Gasteiger partial charge in [0, 0.05) is 0 Å². The van der Waals surface area contributed by atoms with Crippen LogP contribution in [0, 0.1) is 11.8 Å². The number of amides is 4. The average molecular weight is 821 g/mol. The van der Waals surface area contributed by atoms with Crippen molar-refractivity contribution >= 4 is 45.5 Å². The monoisotopic (exact) mass is 821 g/mol. The number of benzene rings is 4. The lowest BCUT2D eigenvalue weighted by atomic mass is 9.78. The van der Waals surface area contributed by atoms with Crippen LogP contribution in [0.1, 0.15) is 141 Å². The van der Waals surface area contributed by atoms with E-state index in [-0.39, 0.29) is 36.1 Å². The molecule has 0 radical (unpaired) electrons. The third-order valence-electron chi connectivity index (χ3n) is 13.1. The molecule has 2 saturated carbocycles. The molecule has 2 fully saturated rings. The van der Waals surface area contributed by atoms with Crippen molar-refractivity contribution < 1.29 is 28.7 Å². The predicted octanol–water partition coefficient (Wildman–Crippen LogP) is 11.0. The van der Waals surface area contributed by atoms with E-state index in [4.69, 9.17) is 9.47 Å². The van der Waals surface area contributed by atoms with Crippen molar-refractivity contribution in [1.29, 1.82) is 0 Å². The van der Waals surface area contributed by atoms with Gasteiger partial charge in [-0.05, 0) is 84.0 Å². The third-order valence-corrected chi connectivity index (χ3v) is 13.1. The lowest BCUT2D eigenvalue weighted by Crippen LogP contribution is -2.58. The first kappa shape index (κ1) is 46.0. The fourth-order valence-corrected chi connectivity index (χ4v) is 9.60. The summed E-state index contributed by atoms with van der Waals surface area (Å²) in [5, 5.41) is 16.6. The second kappa shape index (κ2) is 21.9. The standard InChI is InChI=1S/2C25H34N2O3/c2*1-4-25(23(28)30-3,17-19-11-6-5-7-12-19)27-24(29)26-18(2)21-16-10-14-20-13-8-9-15-22(20)21/h2*8-10,13-16,18-19H,4-7,11-12,17H2,1-3H3,(H2,26,27,29)/t2*18-,25-/m00/s1. The van der Waals surface area contributed by atoms with Crippen LogP contribution in [0.4, 0.5) is 9.59 Å². The summed E-state index contributed by atoms with van der Waals surface area (Å²) in [5.74, 6) is 0.161. The summed E-state index contributed by atoms with van der Waals surface area (Å²) in [4.78, 5) is 51.4. The smallest absolute Gasteiger partial charge is 0.331 e. The normalized spacial score (nSPS) is 17.7. The van der Waals surface area contributed by atoms with Crippen molar-refractivity contribution in [2.75, 3.05) is 14.2 Å². The molecule has 4 aromatic carbocycles. The van der Waals surface area contributed by atoms with Crippen LogP contribution in [0.25, 0.3) is 21.5 Å². The predicted molar refractivity (Wildman–Crippen MR) is 241 cm³/mol. The Morgan fingerprint density at radius 2 is 0.900 bits per heavy atom. The average Bonchev–Trinajstić information content (AvgIpc) is 3.28. The second-order valence-electron chi connectivity index (χ2n) is 17.0. The molecule has 2 aliphatic rings. The van der Waals surface area contributed by atoms with Gasteiger partial charge in [-0.15, -0.1) is 0 Å². The Morgan fingerprint density at radius 1 is 0.550 bits per heavy atom. The Hall–Kier alpha value is -5.12. The minimum atomic E-state index is -0.987. The summed E-state index contributed by atoms with van der Waals surface area (Å²) in [6, 6.07) is 27.4. The molecule has 4 atom stereocenters. The number of urea groups is 2. The molecule has 6 rings (SSSR count). The lowest BCUT2D eigenvalue weighted by molar-refractivity contribution is -0.150. The largest absolute Gasteiger partial charge is 0.467 e. The van der Waals surface area contributed by atoms with Gasteiger partial charge in [-0.2, -0.15) is 0 Å². The van der Waals surface area contributed by atoms with E-state index < -0.39 is 11.1 Å². The zero-order chi connectivity index (χ0) is 43.1. The highest BCUT2D eigenvalue weighted by molar-refractivity contribution is 5.90. The van der Waals surface area contributed by atoms with E-state index in [9.17, 15) is 19.2 Å². The molecule has 0 spiro atoms. The highest BCUT2D eigenvalue weighted by Gasteiger charge is 2.43. The minimum absolute atomic E-state index is 0.196. The minimum Gasteiger partial charge on any atom is -0.467 e. The summed E-state index contributed by atoms with van der Waals surface area (Å²) < 4.78 is 10.2. The fourth-order valence-electron chi connectivity index (χ4n) is 9.60. The number of hydrogen-bond acceptors (Lipinski definition) is 6. The number of esters is 2. The molecule has 4 aromatic rings. The maximum Gasteiger partial charge on any atom is 0.331 e. The molecule has 0 heterocycles. The summed E-state index contributed by atoms with van der Waals surface area (Å²) in [6.45, 7) is 7.81. The van der Waals surface area contributed by atoms with Gasteiger partial charge >= 0.3 is 24.0 Å². The van der Waals surface area contributed by atoms with Crippen molar-refractivity contribution in [2.45, 2.75) is 141 Å². The van der Waals surface area contributed by atoms with Crippen LogP contribution in [-0.2, 0) is 19.1 Å². The highest BCUT2D eigenvalue weighted by Crippen LogP contribution is 2.35. The van der Waals surface area contributed by atoms with Crippen molar-refractivity contribution in [3.63, 3.8) is 0 Å². The molecule has 60 heavy (non-hydrogen) atoms. The van der Waals surface area contributed by atoms with Gasteiger partial charge in [0.1, 0.15) is 11.1 Å². The number of methoxy groups -OCH3 is 2. The van der Waals surface area contributed by atoms with Crippen molar-refractivity contribution in [3.8, 4) is 0 Å². The maximum atomic E-state index is 13.0. The van der Waals surface area contributed by atoms with Gasteiger partial charge in [-0.25, -0.2) is 19.2 Å². The number of hydrogen-bond donors (Lipinski definition) is 4.